The van der Waals surface area contributed by atoms with Gasteiger partial charge in [0.05, 0.1) is 13.0 Å². The molecule has 0 amide bonds. The van der Waals surface area contributed by atoms with Gasteiger partial charge in [-0.1, -0.05) is 64.7 Å². The van der Waals surface area contributed by atoms with Gasteiger partial charge in [0.25, 0.3) is 0 Å². The normalized spacial score (nSPS) is 11.0. The largest absolute Gasteiger partial charge is 0.466 e. The van der Waals surface area contributed by atoms with Crippen molar-refractivity contribution >= 4 is 5.97 Å². The molecule has 0 unspecified atom stereocenters. The van der Waals surface area contributed by atoms with Crippen molar-refractivity contribution in [2.45, 2.75) is 77.6 Å². The molecule has 0 atom stereocenters. The Bertz CT molecular complexity index is 217. The summed E-state index contributed by atoms with van der Waals surface area (Å²) in [7, 11) is 3.94. The van der Waals surface area contributed by atoms with Gasteiger partial charge in [-0.05, 0) is 20.5 Å². The first-order valence-electron chi connectivity index (χ1n) is 8.47. The summed E-state index contributed by atoms with van der Waals surface area (Å²) >= 11 is 0. The second kappa shape index (κ2) is 14.8. The Morgan fingerprint density at radius 1 is 0.850 bits per heavy atom. The molecule has 3 nitrogen and oxygen atoms in total. The van der Waals surface area contributed by atoms with Gasteiger partial charge >= 0.3 is 5.97 Å². The maximum absolute atomic E-state index is 11.4. The number of ether oxygens (including phenoxy) is 1. The van der Waals surface area contributed by atoms with Crippen molar-refractivity contribution in [2.75, 3.05) is 27.2 Å². The van der Waals surface area contributed by atoms with Crippen LogP contribution in [0.2, 0.25) is 0 Å². The fourth-order valence-corrected chi connectivity index (χ4v) is 2.16. The zero-order valence-corrected chi connectivity index (χ0v) is 14.0. The van der Waals surface area contributed by atoms with Crippen LogP contribution in [0.1, 0.15) is 77.6 Å². The molecule has 3 heteroatoms. The van der Waals surface area contributed by atoms with E-state index in [0.717, 1.165) is 13.0 Å². The SMILES string of the molecule is CCCCCCCCCCCCOC(=O)CCN(C)C. The summed E-state index contributed by atoms with van der Waals surface area (Å²) in [6.07, 6.45) is 13.6. The Labute approximate surface area is 126 Å². The van der Waals surface area contributed by atoms with Crippen molar-refractivity contribution in [1.29, 1.82) is 0 Å². The molecule has 0 radical (unpaired) electrons. The number of unbranched alkanes of at least 4 members (excludes halogenated alkanes) is 9. The van der Waals surface area contributed by atoms with Crippen LogP contribution in [0.3, 0.4) is 0 Å². The summed E-state index contributed by atoms with van der Waals surface area (Å²) in [5.41, 5.74) is 0. The maximum atomic E-state index is 11.4. The van der Waals surface area contributed by atoms with Crippen molar-refractivity contribution < 1.29 is 9.53 Å². The van der Waals surface area contributed by atoms with Crippen LogP contribution in [0.15, 0.2) is 0 Å². The van der Waals surface area contributed by atoms with E-state index in [4.69, 9.17) is 4.74 Å². The molecule has 0 aromatic carbocycles. The van der Waals surface area contributed by atoms with E-state index in [1.165, 1.54) is 57.8 Å². The Hall–Kier alpha value is -0.570. The minimum Gasteiger partial charge on any atom is -0.466 e. The van der Waals surface area contributed by atoms with Crippen LogP contribution < -0.4 is 0 Å². The second-order valence-electron chi connectivity index (χ2n) is 5.96. The number of rotatable bonds is 14. The summed E-state index contributed by atoms with van der Waals surface area (Å²) < 4.78 is 5.20. The van der Waals surface area contributed by atoms with E-state index >= 15 is 0 Å². The van der Waals surface area contributed by atoms with Gasteiger partial charge in [0.15, 0.2) is 0 Å². The van der Waals surface area contributed by atoms with Crippen LogP contribution in [0.5, 0.6) is 0 Å². The van der Waals surface area contributed by atoms with Crippen LogP contribution in [-0.2, 0) is 9.53 Å². The molecule has 0 saturated carbocycles. The molecule has 0 aliphatic heterocycles. The molecule has 0 aromatic rings. The lowest BCUT2D eigenvalue weighted by Gasteiger charge is -2.09. The lowest BCUT2D eigenvalue weighted by Crippen LogP contribution is -2.18. The highest BCUT2D eigenvalue weighted by atomic mass is 16.5. The third kappa shape index (κ3) is 15.5. The Morgan fingerprint density at radius 3 is 1.85 bits per heavy atom. The minimum atomic E-state index is -0.0605. The summed E-state index contributed by atoms with van der Waals surface area (Å²) in [4.78, 5) is 13.4. The molecular weight excluding hydrogens is 250 g/mol. The summed E-state index contributed by atoms with van der Waals surface area (Å²) in [5.74, 6) is -0.0605. The van der Waals surface area contributed by atoms with Crippen molar-refractivity contribution in [3.8, 4) is 0 Å². The molecule has 0 spiro atoms. The topological polar surface area (TPSA) is 29.5 Å². The number of carbonyl (C=O) groups excluding carboxylic acids is 1. The van der Waals surface area contributed by atoms with Crippen molar-refractivity contribution in [2.24, 2.45) is 0 Å². The Balaban J connectivity index is 3.11. The average molecular weight is 285 g/mol. The molecule has 0 aromatic heterocycles. The molecule has 0 heterocycles. The quantitative estimate of drug-likeness (QED) is 0.350. The summed E-state index contributed by atoms with van der Waals surface area (Å²) in [5, 5.41) is 0. The molecule has 20 heavy (non-hydrogen) atoms. The van der Waals surface area contributed by atoms with Crippen molar-refractivity contribution in [1.82, 2.24) is 4.90 Å². The van der Waals surface area contributed by atoms with E-state index in [1.807, 2.05) is 19.0 Å². The highest BCUT2D eigenvalue weighted by molar-refractivity contribution is 5.69. The van der Waals surface area contributed by atoms with E-state index in [1.54, 1.807) is 0 Å². The lowest BCUT2D eigenvalue weighted by atomic mass is 10.1. The Kier molecular flexibility index (Phi) is 14.4. The van der Waals surface area contributed by atoms with Crippen molar-refractivity contribution in [3.63, 3.8) is 0 Å². The minimum absolute atomic E-state index is 0.0605. The third-order valence-corrected chi connectivity index (χ3v) is 3.52. The van der Waals surface area contributed by atoms with Gasteiger partial charge in [-0.25, -0.2) is 0 Å². The van der Waals surface area contributed by atoms with Gasteiger partial charge in [-0.3, -0.25) is 4.79 Å². The first-order chi connectivity index (χ1) is 9.66. The molecule has 120 valence electrons. The predicted molar refractivity (Wildman–Crippen MR) is 86.0 cm³/mol. The molecule has 0 aliphatic carbocycles. The highest BCUT2D eigenvalue weighted by Gasteiger charge is 2.02. The first-order valence-corrected chi connectivity index (χ1v) is 8.47. The molecular formula is C17H35NO2. The van der Waals surface area contributed by atoms with Crippen molar-refractivity contribution in [3.05, 3.63) is 0 Å². The van der Waals surface area contributed by atoms with Crippen LogP contribution >= 0.6 is 0 Å². The van der Waals surface area contributed by atoms with E-state index < -0.39 is 0 Å². The van der Waals surface area contributed by atoms with Crippen LogP contribution in [0.25, 0.3) is 0 Å². The predicted octanol–water partition coefficient (Wildman–Crippen LogP) is 4.40. The van der Waals surface area contributed by atoms with E-state index in [9.17, 15) is 4.79 Å². The summed E-state index contributed by atoms with van der Waals surface area (Å²) in [6.45, 7) is 3.63. The summed E-state index contributed by atoms with van der Waals surface area (Å²) in [6, 6.07) is 0. The second-order valence-corrected chi connectivity index (χ2v) is 5.96. The first kappa shape index (κ1) is 19.4. The van der Waals surface area contributed by atoms with Gasteiger partial charge in [0.2, 0.25) is 0 Å². The Morgan fingerprint density at radius 2 is 1.35 bits per heavy atom. The highest BCUT2D eigenvalue weighted by Crippen LogP contribution is 2.10. The lowest BCUT2D eigenvalue weighted by molar-refractivity contribution is -0.144. The fraction of sp³-hybridized carbons (Fsp3) is 0.941. The van der Waals surface area contributed by atoms with E-state index in [-0.39, 0.29) is 5.97 Å². The smallest absolute Gasteiger partial charge is 0.307 e. The fourth-order valence-electron chi connectivity index (χ4n) is 2.16. The van der Waals surface area contributed by atoms with Crippen LogP contribution in [0, 0.1) is 0 Å². The van der Waals surface area contributed by atoms with Gasteiger partial charge in [-0.2, -0.15) is 0 Å². The molecule has 0 N–H and O–H groups in total. The van der Waals surface area contributed by atoms with Gasteiger partial charge in [0.1, 0.15) is 0 Å². The molecule has 0 rings (SSSR count). The van der Waals surface area contributed by atoms with E-state index in [0.29, 0.717) is 13.0 Å². The van der Waals surface area contributed by atoms with E-state index in [2.05, 4.69) is 6.92 Å². The molecule has 0 fully saturated rings. The van der Waals surface area contributed by atoms with Crippen LogP contribution in [-0.4, -0.2) is 38.1 Å². The number of nitrogens with zero attached hydrogens (tertiary/aromatic N) is 1. The standard InChI is InChI=1S/C17H35NO2/c1-4-5-6-7-8-9-10-11-12-13-16-20-17(19)14-15-18(2)3/h4-16H2,1-3H3. The number of esters is 1. The maximum Gasteiger partial charge on any atom is 0.307 e. The molecule has 0 aliphatic rings. The molecule has 0 saturated heterocycles. The van der Waals surface area contributed by atoms with Gasteiger partial charge in [-0.15, -0.1) is 0 Å². The zero-order chi connectivity index (χ0) is 15.1. The molecule has 0 bridgehead atoms. The zero-order valence-electron chi connectivity index (χ0n) is 14.0. The number of hydrogen-bond acceptors (Lipinski definition) is 3. The monoisotopic (exact) mass is 285 g/mol. The number of hydrogen-bond donors (Lipinski definition) is 0. The average Bonchev–Trinajstić information content (AvgIpc) is 2.42. The number of carbonyl (C=O) groups is 1. The van der Waals surface area contributed by atoms with Crippen LogP contribution in [0.4, 0.5) is 0 Å². The van der Waals surface area contributed by atoms with Gasteiger partial charge in [0, 0.05) is 6.54 Å². The third-order valence-electron chi connectivity index (χ3n) is 3.52. The van der Waals surface area contributed by atoms with Gasteiger partial charge < -0.3 is 9.64 Å².